The summed E-state index contributed by atoms with van der Waals surface area (Å²) in [5, 5.41) is 8.02. The molecule has 224 valence electrons. The number of carbonyl (C=O) groups excluding carboxylic acids is 1. The van der Waals surface area contributed by atoms with E-state index in [2.05, 4.69) is 69.9 Å². The number of nitrogens with zero attached hydrogens (tertiary/aromatic N) is 5. The number of halogens is 3. The standard InChI is InChI=1S/C31H31F3N6O2S/c1-19-15-20(2)27(21(3)16-19)40-22(4)13-14-43-30(40)37-29(41)35-17-23-5-7-24(8-6-23)28-36-18-39(38-28)25-9-11-26(12-10-25)42-31(32,33)34/h5-12,15-16,18,22H,13-14,17H2,1-4H3,(H,35,41)/b37-30-. The largest absolute Gasteiger partial charge is 0.573 e. The monoisotopic (exact) mass is 608 g/mol. The minimum absolute atomic E-state index is 0.223. The molecule has 0 radical (unpaired) electrons. The number of aromatic nitrogens is 3. The van der Waals surface area contributed by atoms with Gasteiger partial charge in [-0.25, -0.2) is 14.5 Å². The number of rotatable bonds is 6. The molecule has 12 heteroatoms. The number of alkyl halides is 3. The summed E-state index contributed by atoms with van der Waals surface area (Å²) in [5.74, 6) is 1.03. The molecule has 1 fully saturated rings. The summed E-state index contributed by atoms with van der Waals surface area (Å²) in [6, 6.07) is 16.9. The van der Waals surface area contributed by atoms with Crippen molar-refractivity contribution in [3.63, 3.8) is 0 Å². The lowest BCUT2D eigenvalue weighted by Crippen LogP contribution is -2.43. The molecule has 0 aliphatic carbocycles. The van der Waals surface area contributed by atoms with Crippen molar-refractivity contribution in [1.29, 1.82) is 0 Å². The van der Waals surface area contributed by atoms with Gasteiger partial charge in [0.25, 0.3) is 0 Å². The summed E-state index contributed by atoms with van der Waals surface area (Å²) in [4.78, 5) is 23.8. The minimum Gasteiger partial charge on any atom is -0.406 e. The third-order valence-corrected chi connectivity index (χ3v) is 7.96. The second kappa shape index (κ2) is 12.5. The molecule has 4 aromatic rings. The molecule has 1 N–H and O–H groups in total. The minimum atomic E-state index is -4.75. The Hall–Kier alpha value is -4.32. The van der Waals surface area contributed by atoms with Crippen LogP contribution in [-0.2, 0) is 6.54 Å². The zero-order chi connectivity index (χ0) is 30.7. The molecule has 1 aromatic heterocycles. The van der Waals surface area contributed by atoms with Crippen LogP contribution in [0.5, 0.6) is 5.75 Å². The Labute approximate surface area is 252 Å². The van der Waals surface area contributed by atoms with Gasteiger partial charge in [0, 0.05) is 29.6 Å². The van der Waals surface area contributed by atoms with Gasteiger partial charge in [-0.15, -0.1) is 18.3 Å². The predicted octanol–water partition coefficient (Wildman–Crippen LogP) is 7.36. The lowest BCUT2D eigenvalue weighted by Gasteiger charge is -2.37. The third kappa shape index (κ3) is 7.37. The first kappa shape index (κ1) is 30.1. The van der Waals surface area contributed by atoms with Gasteiger partial charge >= 0.3 is 12.4 Å². The first-order valence-electron chi connectivity index (χ1n) is 13.7. The number of carbonyl (C=O) groups is 1. The molecule has 0 spiro atoms. The second-order valence-corrected chi connectivity index (χ2v) is 11.5. The van der Waals surface area contributed by atoms with E-state index in [4.69, 9.17) is 0 Å². The predicted molar refractivity (Wildman–Crippen MR) is 163 cm³/mol. The van der Waals surface area contributed by atoms with Crippen molar-refractivity contribution < 1.29 is 22.7 Å². The van der Waals surface area contributed by atoms with Crippen LogP contribution in [0.4, 0.5) is 23.7 Å². The van der Waals surface area contributed by atoms with Gasteiger partial charge in [0.2, 0.25) is 0 Å². The average Bonchev–Trinajstić information content (AvgIpc) is 3.43. The number of hydrogen-bond donors (Lipinski definition) is 1. The third-order valence-electron chi connectivity index (χ3n) is 6.97. The smallest absolute Gasteiger partial charge is 0.406 e. The number of hydrogen-bond acceptors (Lipinski definition) is 5. The van der Waals surface area contributed by atoms with Crippen molar-refractivity contribution >= 4 is 28.6 Å². The highest BCUT2D eigenvalue weighted by Gasteiger charge is 2.31. The summed E-state index contributed by atoms with van der Waals surface area (Å²) in [7, 11) is 0. The first-order valence-corrected chi connectivity index (χ1v) is 14.7. The van der Waals surface area contributed by atoms with E-state index in [-0.39, 0.29) is 11.8 Å². The Morgan fingerprint density at radius 2 is 1.74 bits per heavy atom. The van der Waals surface area contributed by atoms with E-state index in [1.807, 2.05) is 24.3 Å². The molecule has 1 saturated heterocycles. The average molecular weight is 609 g/mol. The van der Waals surface area contributed by atoms with Crippen LogP contribution >= 0.6 is 11.8 Å². The van der Waals surface area contributed by atoms with E-state index in [1.54, 1.807) is 11.8 Å². The highest BCUT2D eigenvalue weighted by atomic mass is 32.2. The maximum Gasteiger partial charge on any atom is 0.573 e. The summed E-state index contributed by atoms with van der Waals surface area (Å²) in [6.07, 6.45) is -2.27. The van der Waals surface area contributed by atoms with Crippen LogP contribution in [0.2, 0.25) is 0 Å². The highest BCUT2D eigenvalue weighted by molar-refractivity contribution is 8.14. The second-order valence-electron chi connectivity index (χ2n) is 10.4. The van der Waals surface area contributed by atoms with Crippen LogP contribution in [0.3, 0.4) is 0 Å². The molecule has 0 saturated carbocycles. The van der Waals surface area contributed by atoms with E-state index < -0.39 is 12.4 Å². The SMILES string of the molecule is Cc1cc(C)c(N2/C(=N/C(=O)NCc3ccc(-c4ncn(-c5ccc(OC(F)(F)F)cc5)n4)cc3)SCCC2C)c(C)c1. The van der Waals surface area contributed by atoms with Gasteiger partial charge in [0.15, 0.2) is 11.0 Å². The van der Waals surface area contributed by atoms with Gasteiger partial charge < -0.3 is 15.0 Å². The van der Waals surface area contributed by atoms with Crippen LogP contribution < -0.4 is 15.0 Å². The molecule has 1 atom stereocenters. The molecule has 5 rings (SSSR count). The summed E-state index contributed by atoms with van der Waals surface area (Å²) in [5.41, 5.74) is 6.79. The Balaban J connectivity index is 1.22. The highest BCUT2D eigenvalue weighted by Crippen LogP contribution is 2.34. The van der Waals surface area contributed by atoms with Gasteiger partial charge in [-0.1, -0.05) is 53.7 Å². The zero-order valence-corrected chi connectivity index (χ0v) is 25.0. The van der Waals surface area contributed by atoms with Gasteiger partial charge in [-0.3, -0.25) is 0 Å². The van der Waals surface area contributed by atoms with Gasteiger partial charge in [0.1, 0.15) is 12.1 Å². The van der Waals surface area contributed by atoms with Gasteiger partial charge in [-0.2, -0.15) is 4.99 Å². The van der Waals surface area contributed by atoms with Crippen molar-refractivity contribution in [3.8, 4) is 22.8 Å². The number of benzene rings is 3. The number of anilines is 1. The van der Waals surface area contributed by atoms with Crippen LogP contribution in [0, 0.1) is 20.8 Å². The zero-order valence-electron chi connectivity index (χ0n) is 24.1. The molecule has 1 aliphatic rings. The topological polar surface area (TPSA) is 84.6 Å². The number of aryl methyl sites for hydroxylation is 3. The molecule has 43 heavy (non-hydrogen) atoms. The molecule has 0 bridgehead atoms. The van der Waals surface area contributed by atoms with E-state index in [0.717, 1.165) is 40.1 Å². The molecule has 3 aromatic carbocycles. The molecule has 2 heterocycles. The summed E-state index contributed by atoms with van der Waals surface area (Å²) >= 11 is 1.59. The molecule has 8 nitrogen and oxygen atoms in total. The van der Waals surface area contributed by atoms with E-state index >= 15 is 0 Å². The number of amidine groups is 1. The number of aliphatic imine (C=N–C) groups is 1. The van der Waals surface area contributed by atoms with Crippen molar-refractivity contribution in [2.24, 2.45) is 4.99 Å². The Morgan fingerprint density at radius 3 is 2.40 bits per heavy atom. The van der Waals surface area contributed by atoms with E-state index in [9.17, 15) is 18.0 Å². The number of nitrogens with one attached hydrogen (secondary N) is 1. The fourth-order valence-corrected chi connectivity index (χ4v) is 6.26. The fraction of sp³-hybridized carbons (Fsp3) is 0.290. The van der Waals surface area contributed by atoms with Crippen molar-refractivity contribution in [2.45, 2.75) is 53.1 Å². The number of amides is 2. The Morgan fingerprint density at radius 1 is 1.07 bits per heavy atom. The maximum atomic E-state index is 12.9. The molecule has 1 aliphatic heterocycles. The summed E-state index contributed by atoms with van der Waals surface area (Å²) < 4.78 is 42.6. The van der Waals surface area contributed by atoms with E-state index in [0.29, 0.717) is 23.2 Å². The first-order chi connectivity index (χ1) is 20.5. The number of ether oxygens (including phenoxy) is 1. The number of thioether (sulfide) groups is 1. The van der Waals surface area contributed by atoms with Crippen molar-refractivity contribution in [2.75, 3.05) is 10.7 Å². The maximum absolute atomic E-state index is 12.9. The van der Waals surface area contributed by atoms with Crippen LogP contribution in [0.15, 0.2) is 72.0 Å². The molecular weight excluding hydrogens is 577 g/mol. The van der Waals surface area contributed by atoms with Gasteiger partial charge in [-0.05, 0) is 75.1 Å². The van der Waals surface area contributed by atoms with Crippen molar-refractivity contribution in [3.05, 3.63) is 89.2 Å². The molecule has 2 amide bonds. The van der Waals surface area contributed by atoms with Crippen LogP contribution in [-0.4, -0.2) is 44.1 Å². The Kier molecular flexibility index (Phi) is 8.77. The van der Waals surface area contributed by atoms with Crippen LogP contribution in [0.25, 0.3) is 17.1 Å². The summed E-state index contributed by atoms with van der Waals surface area (Å²) in [6.45, 7) is 8.73. The lowest BCUT2D eigenvalue weighted by atomic mass is 10.0. The lowest BCUT2D eigenvalue weighted by molar-refractivity contribution is -0.274. The quantitative estimate of drug-likeness (QED) is 0.246. The van der Waals surface area contributed by atoms with E-state index in [1.165, 1.54) is 40.8 Å². The molecular formula is C31H31F3N6O2S. The number of urea groups is 1. The normalized spacial score (nSPS) is 16.4. The molecule has 1 unspecified atom stereocenters. The Bertz CT molecular complexity index is 1610. The fourth-order valence-electron chi connectivity index (χ4n) is 5.06. The van der Waals surface area contributed by atoms with Gasteiger partial charge in [0.05, 0.1) is 5.69 Å². The van der Waals surface area contributed by atoms with Crippen molar-refractivity contribution in [1.82, 2.24) is 20.1 Å². The van der Waals surface area contributed by atoms with Crippen LogP contribution in [0.1, 0.15) is 35.6 Å².